The molecule has 0 spiro atoms. The Morgan fingerprint density at radius 1 is 1.58 bits per heavy atom. The van der Waals surface area contributed by atoms with Crippen molar-refractivity contribution in [2.24, 2.45) is 0 Å². The Morgan fingerprint density at radius 3 is 3.08 bits per heavy atom. The zero-order valence-corrected chi connectivity index (χ0v) is 7.97. The van der Waals surface area contributed by atoms with Crippen LogP contribution in [0.15, 0.2) is 23.2 Å². The number of rotatable bonds is 1. The van der Waals surface area contributed by atoms with E-state index in [9.17, 15) is 0 Å². The highest BCUT2D eigenvalue weighted by atomic mass is 32.1. The Hall–Kier alpha value is -0.830. The fourth-order valence-corrected chi connectivity index (χ4v) is 2.00. The predicted octanol–water partition coefficient (Wildman–Crippen LogP) is 2.30. The molecule has 64 valence electrons. The molecule has 1 aliphatic heterocycles. The highest BCUT2D eigenvalue weighted by Gasteiger charge is 2.10. The summed E-state index contributed by atoms with van der Waals surface area (Å²) in [5, 5.41) is 3.18. The van der Waals surface area contributed by atoms with Crippen molar-refractivity contribution in [3.05, 3.63) is 23.2 Å². The van der Waals surface area contributed by atoms with E-state index >= 15 is 0 Å². The second-order valence-electron chi connectivity index (χ2n) is 3.06. The molecule has 0 unspecified atom stereocenters. The lowest BCUT2D eigenvalue weighted by Crippen LogP contribution is -2.27. The first-order valence-electron chi connectivity index (χ1n) is 4.16. The molecule has 0 saturated carbocycles. The summed E-state index contributed by atoms with van der Waals surface area (Å²) in [4.78, 5) is 6.60. The van der Waals surface area contributed by atoms with Gasteiger partial charge >= 0.3 is 0 Å². The third-order valence-electron chi connectivity index (χ3n) is 2.13. The Kier molecular flexibility index (Phi) is 2.13. The van der Waals surface area contributed by atoms with Crippen molar-refractivity contribution in [1.82, 2.24) is 4.98 Å². The Bertz CT molecular complexity index is 277. The van der Waals surface area contributed by atoms with Gasteiger partial charge in [0.05, 0.1) is 0 Å². The summed E-state index contributed by atoms with van der Waals surface area (Å²) in [6.45, 7) is 4.34. The third kappa shape index (κ3) is 1.50. The molecule has 2 rings (SSSR count). The van der Waals surface area contributed by atoms with Gasteiger partial charge in [0.25, 0.3) is 0 Å². The SMILES string of the molecule is CC1=CCN(c2nccs2)CC1. The molecule has 0 fully saturated rings. The van der Waals surface area contributed by atoms with Gasteiger partial charge in [-0.05, 0) is 13.3 Å². The molecule has 0 amide bonds. The largest absolute Gasteiger partial charge is 0.344 e. The summed E-state index contributed by atoms with van der Waals surface area (Å²) in [5.74, 6) is 0. The highest BCUT2D eigenvalue weighted by molar-refractivity contribution is 7.13. The molecule has 1 aliphatic rings. The van der Waals surface area contributed by atoms with E-state index < -0.39 is 0 Å². The van der Waals surface area contributed by atoms with E-state index in [2.05, 4.69) is 22.9 Å². The maximum Gasteiger partial charge on any atom is 0.185 e. The van der Waals surface area contributed by atoms with Gasteiger partial charge in [-0.1, -0.05) is 11.6 Å². The van der Waals surface area contributed by atoms with Crippen LogP contribution in [0.1, 0.15) is 13.3 Å². The summed E-state index contributed by atoms with van der Waals surface area (Å²) in [7, 11) is 0. The highest BCUT2D eigenvalue weighted by Crippen LogP contribution is 2.21. The molecule has 3 heteroatoms. The summed E-state index contributed by atoms with van der Waals surface area (Å²) >= 11 is 1.72. The van der Waals surface area contributed by atoms with Crippen LogP contribution >= 0.6 is 11.3 Å². The first kappa shape index (κ1) is 7.80. The van der Waals surface area contributed by atoms with E-state index in [0.717, 1.165) is 18.2 Å². The van der Waals surface area contributed by atoms with Crippen molar-refractivity contribution >= 4 is 16.5 Å². The minimum Gasteiger partial charge on any atom is -0.344 e. The molecule has 0 atom stereocenters. The van der Waals surface area contributed by atoms with Gasteiger partial charge < -0.3 is 4.90 Å². The second-order valence-corrected chi connectivity index (χ2v) is 3.93. The van der Waals surface area contributed by atoms with Crippen LogP contribution in [-0.4, -0.2) is 18.1 Å². The van der Waals surface area contributed by atoms with Crippen molar-refractivity contribution in [3.8, 4) is 0 Å². The molecule has 0 aliphatic carbocycles. The average Bonchev–Trinajstić information content (AvgIpc) is 2.58. The molecule has 2 heterocycles. The fraction of sp³-hybridized carbons (Fsp3) is 0.444. The quantitative estimate of drug-likeness (QED) is 0.616. The van der Waals surface area contributed by atoms with Gasteiger partial charge in [-0.15, -0.1) is 11.3 Å². The van der Waals surface area contributed by atoms with Gasteiger partial charge in [-0.3, -0.25) is 0 Å². The molecule has 1 aromatic heterocycles. The lowest BCUT2D eigenvalue weighted by molar-refractivity contribution is 0.784. The maximum atomic E-state index is 4.28. The summed E-state index contributed by atoms with van der Waals surface area (Å²) in [6.07, 6.45) is 5.33. The monoisotopic (exact) mass is 180 g/mol. The predicted molar refractivity (Wildman–Crippen MR) is 52.7 cm³/mol. The van der Waals surface area contributed by atoms with Gasteiger partial charge in [0.15, 0.2) is 5.13 Å². The van der Waals surface area contributed by atoms with Gasteiger partial charge in [0.2, 0.25) is 0 Å². The number of nitrogens with zero attached hydrogens (tertiary/aromatic N) is 2. The summed E-state index contributed by atoms with van der Waals surface area (Å²) < 4.78 is 0. The first-order valence-corrected chi connectivity index (χ1v) is 5.04. The molecular weight excluding hydrogens is 168 g/mol. The molecule has 1 aromatic rings. The lowest BCUT2D eigenvalue weighted by atomic mass is 10.1. The van der Waals surface area contributed by atoms with E-state index in [1.807, 2.05) is 11.6 Å². The lowest BCUT2D eigenvalue weighted by Gasteiger charge is -2.24. The normalized spacial score (nSPS) is 17.8. The maximum absolute atomic E-state index is 4.28. The van der Waals surface area contributed by atoms with Crippen LogP contribution in [0.25, 0.3) is 0 Å². The number of aromatic nitrogens is 1. The van der Waals surface area contributed by atoms with Crippen LogP contribution < -0.4 is 4.90 Å². The Balaban J connectivity index is 2.09. The number of hydrogen-bond donors (Lipinski definition) is 0. The standard InChI is InChI=1S/C9H12N2S/c1-8-2-5-11(6-3-8)9-10-4-7-12-9/h2,4,7H,3,5-6H2,1H3. The third-order valence-corrected chi connectivity index (χ3v) is 2.96. The van der Waals surface area contributed by atoms with Gasteiger partial charge in [-0.2, -0.15) is 0 Å². The average molecular weight is 180 g/mol. The van der Waals surface area contributed by atoms with E-state index in [-0.39, 0.29) is 0 Å². The van der Waals surface area contributed by atoms with Crippen molar-refractivity contribution in [3.63, 3.8) is 0 Å². The fourth-order valence-electron chi connectivity index (χ4n) is 1.32. The van der Waals surface area contributed by atoms with Crippen molar-refractivity contribution in [1.29, 1.82) is 0 Å². The van der Waals surface area contributed by atoms with Crippen LogP contribution in [0, 0.1) is 0 Å². The Labute approximate surface area is 76.5 Å². The van der Waals surface area contributed by atoms with Crippen LogP contribution in [0.2, 0.25) is 0 Å². The molecule has 2 nitrogen and oxygen atoms in total. The van der Waals surface area contributed by atoms with E-state index in [4.69, 9.17) is 0 Å². The first-order chi connectivity index (χ1) is 5.86. The van der Waals surface area contributed by atoms with Gasteiger partial charge in [0.1, 0.15) is 0 Å². The van der Waals surface area contributed by atoms with Gasteiger partial charge in [0, 0.05) is 24.7 Å². The summed E-state index contributed by atoms with van der Waals surface area (Å²) in [5.41, 5.74) is 1.50. The second kappa shape index (κ2) is 3.27. The van der Waals surface area contributed by atoms with Crippen LogP contribution in [0.3, 0.4) is 0 Å². The van der Waals surface area contributed by atoms with E-state index in [1.54, 1.807) is 11.3 Å². The molecule has 12 heavy (non-hydrogen) atoms. The number of hydrogen-bond acceptors (Lipinski definition) is 3. The zero-order chi connectivity index (χ0) is 8.39. The smallest absolute Gasteiger partial charge is 0.185 e. The molecule has 0 bridgehead atoms. The topological polar surface area (TPSA) is 16.1 Å². The summed E-state index contributed by atoms with van der Waals surface area (Å²) in [6, 6.07) is 0. The molecule has 0 aromatic carbocycles. The Morgan fingerprint density at radius 2 is 2.50 bits per heavy atom. The van der Waals surface area contributed by atoms with Crippen molar-refractivity contribution in [2.75, 3.05) is 18.0 Å². The van der Waals surface area contributed by atoms with Crippen LogP contribution in [-0.2, 0) is 0 Å². The number of anilines is 1. The van der Waals surface area contributed by atoms with Crippen molar-refractivity contribution < 1.29 is 0 Å². The molecule has 0 N–H and O–H groups in total. The molecule has 0 radical (unpaired) electrons. The van der Waals surface area contributed by atoms with Crippen LogP contribution in [0.5, 0.6) is 0 Å². The van der Waals surface area contributed by atoms with Crippen LogP contribution in [0.4, 0.5) is 5.13 Å². The minimum atomic E-state index is 1.03. The van der Waals surface area contributed by atoms with Gasteiger partial charge in [-0.25, -0.2) is 4.98 Å². The minimum absolute atomic E-state index is 1.03. The molecule has 0 saturated heterocycles. The zero-order valence-electron chi connectivity index (χ0n) is 7.16. The van der Waals surface area contributed by atoms with Crippen molar-refractivity contribution in [2.45, 2.75) is 13.3 Å². The number of thiazole rings is 1. The van der Waals surface area contributed by atoms with E-state index in [1.165, 1.54) is 12.0 Å². The van der Waals surface area contributed by atoms with E-state index in [0.29, 0.717) is 0 Å². The molecular formula is C9H12N2S.